The molecule has 114 valence electrons. The first-order valence-corrected chi connectivity index (χ1v) is 8.61. The maximum absolute atomic E-state index is 12.0. The van der Waals surface area contributed by atoms with Gasteiger partial charge in [-0.1, -0.05) is 0 Å². The molecule has 0 spiro atoms. The number of aryl methyl sites for hydroxylation is 3. The first kappa shape index (κ1) is 16.0. The van der Waals surface area contributed by atoms with E-state index in [9.17, 15) is 4.79 Å². The van der Waals surface area contributed by atoms with Crippen LogP contribution in [0.1, 0.15) is 29.7 Å². The summed E-state index contributed by atoms with van der Waals surface area (Å²) in [6, 6.07) is 0. The Morgan fingerprint density at radius 3 is 2.62 bits per heavy atom. The highest BCUT2D eigenvalue weighted by atomic mass is 32.2. The number of hydrogen-bond donors (Lipinski definition) is 1. The van der Waals surface area contributed by atoms with Crippen LogP contribution < -0.4 is 5.32 Å². The number of carbonyl (C=O) groups excluding carboxylic acids is 1. The number of aromatic nitrogens is 4. The molecule has 0 radical (unpaired) electrons. The maximum Gasteiger partial charge on any atom is 0.234 e. The first-order valence-electron chi connectivity index (χ1n) is 6.72. The van der Waals surface area contributed by atoms with E-state index >= 15 is 0 Å². The lowest BCUT2D eigenvalue weighted by atomic mass is 10.3. The summed E-state index contributed by atoms with van der Waals surface area (Å²) in [6.07, 6.45) is 0. The maximum atomic E-state index is 12.0. The van der Waals surface area contributed by atoms with Crippen LogP contribution in [-0.4, -0.2) is 30.2 Å². The third kappa shape index (κ3) is 3.82. The Kier molecular flexibility index (Phi) is 5.35. The molecule has 0 aromatic carbocycles. The standard InChI is InChI=1S/C13H19N5OS2/c1-5-18-10(4)13(9(3)15-18)14-12(19)7-20-6-11-8(2)16-21-17-11/h5-7H2,1-4H3,(H,14,19). The van der Waals surface area contributed by atoms with Gasteiger partial charge in [0.05, 0.1) is 45.9 Å². The van der Waals surface area contributed by atoms with E-state index in [1.165, 1.54) is 11.7 Å². The minimum absolute atomic E-state index is 0.0114. The normalized spacial score (nSPS) is 10.9. The van der Waals surface area contributed by atoms with Crippen molar-refractivity contribution in [3.63, 3.8) is 0 Å². The van der Waals surface area contributed by atoms with Gasteiger partial charge in [0.25, 0.3) is 0 Å². The second-order valence-electron chi connectivity index (χ2n) is 4.70. The van der Waals surface area contributed by atoms with Crippen molar-refractivity contribution in [3.05, 3.63) is 22.8 Å². The third-order valence-corrected chi connectivity index (χ3v) is 4.77. The van der Waals surface area contributed by atoms with E-state index in [1.807, 2.05) is 32.4 Å². The van der Waals surface area contributed by atoms with Crippen LogP contribution in [0.25, 0.3) is 0 Å². The van der Waals surface area contributed by atoms with Gasteiger partial charge in [-0.05, 0) is 27.7 Å². The Bertz CT molecular complexity index is 635. The third-order valence-electron chi connectivity index (χ3n) is 3.16. The number of anilines is 1. The molecule has 0 saturated carbocycles. The lowest BCUT2D eigenvalue weighted by molar-refractivity contribution is -0.113. The van der Waals surface area contributed by atoms with Crippen LogP contribution in [0.2, 0.25) is 0 Å². The Morgan fingerprint density at radius 2 is 2.05 bits per heavy atom. The highest BCUT2D eigenvalue weighted by Crippen LogP contribution is 2.20. The molecule has 0 unspecified atom stereocenters. The van der Waals surface area contributed by atoms with Crippen LogP contribution in [0.4, 0.5) is 5.69 Å². The van der Waals surface area contributed by atoms with E-state index in [1.54, 1.807) is 11.8 Å². The highest BCUT2D eigenvalue weighted by Gasteiger charge is 2.13. The second kappa shape index (κ2) is 7.04. The van der Waals surface area contributed by atoms with Gasteiger partial charge in [-0.25, -0.2) is 0 Å². The van der Waals surface area contributed by atoms with Crippen molar-refractivity contribution in [2.24, 2.45) is 0 Å². The summed E-state index contributed by atoms with van der Waals surface area (Å²) in [5.74, 6) is 1.09. The molecule has 0 aliphatic heterocycles. The second-order valence-corrected chi connectivity index (χ2v) is 6.21. The largest absolute Gasteiger partial charge is 0.322 e. The van der Waals surface area contributed by atoms with Crippen molar-refractivity contribution in [2.45, 2.75) is 40.0 Å². The fraction of sp³-hybridized carbons (Fsp3) is 0.538. The van der Waals surface area contributed by atoms with Crippen LogP contribution in [0.5, 0.6) is 0 Å². The summed E-state index contributed by atoms with van der Waals surface area (Å²) in [5.41, 5.74) is 4.59. The molecule has 21 heavy (non-hydrogen) atoms. The molecule has 1 N–H and O–H groups in total. The summed E-state index contributed by atoms with van der Waals surface area (Å²) in [6.45, 7) is 8.65. The van der Waals surface area contributed by atoms with Gasteiger partial charge >= 0.3 is 0 Å². The monoisotopic (exact) mass is 325 g/mol. The topological polar surface area (TPSA) is 72.7 Å². The Labute approximate surface area is 132 Å². The zero-order valence-corrected chi connectivity index (χ0v) is 14.3. The summed E-state index contributed by atoms with van der Waals surface area (Å²) in [5, 5.41) is 7.34. The van der Waals surface area contributed by atoms with Gasteiger partial charge < -0.3 is 5.32 Å². The molecule has 0 aliphatic carbocycles. The van der Waals surface area contributed by atoms with Crippen LogP contribution in [0, 0.1) is 20.8 Å². The fourth-order valence-corrected chi connectivity index (χ4v) is 3.45. The van der Waals surface area contributed by atoms with E-state index < -0.39 is 0 Å². The van der Waals surface area contributed by atoms with Crippen molar-refractivity contribution in [2.75, 3.05) is 11.1 Å². The van der Waals surface area contributed by atoms with Crippen molar-refractivity contribution < 1.29 is 4.79 Å². The van der Waals surface area contributed by atoms with Crippen LogP contribution >= 0.6 is 23.5 Å². The number of carbonyl (C=O) groups is 1. The molecule has 2 aromatic rings. The molecular weight excluding hydrogens is 306 g/mol. The summed E-state index contributed by atoms with van der Waals surface area (Å²) >= 11 is 2.75. The van der Waals surface area contributed by atoms with Gasteiger partial charge in [0.15, 0.2) is 0 Å². The SMILES string of the molecule is CCn1nc(C)c(NC(=O)CSCc2nsnc2C)c1C. The number of thioether (sulfide) groups is 1. The van der Waals surface area contributed by atoms with Crippen molar-refractivity contribution in [1.82, 2.24) is 18.5 Å². The molecule has 0 bridgehead atoms. The fourth-order valence-electron chi connectivity index (χ4n) is 1.98. The number of rotatable bonds is 6. The van der Waals surface area contributed by atoms with Crippen LogP contribution in [-0.2, 0) is 17.1 Å². The molecule has 8 heteroatoms. The Balaban J connectivity index is 1.88. The molecule has 0 saturated heterocycles. The van der Waals surface area contributed by atoms with E-state index in [2.05, 4.69) is 19.2 Å². The zero-order chi connectivity index (χ0) is 15.4. The van der Waals surface area contributed by atoms with Crippen LogP contribution in [0.15, 0.2) is 0 Å². The average Bonchev–Trinajstić information content (AvgIpc) is 2.97. The van der Waals surface area contributed by atoms with Crippen molar-refractivity contribution in [1.29, 1.82) is 0 Å². The summed E-state index contributed by atoms with van der Waals surface area (Å²) in [7, 11) is 0. The number of amides is 1. The van der Waals surface area contributed by atoms with E-state index in [0.29, 0.717) is 11.5 Å². The summed E-state index contributed by atoms with van der Waals surface area (Å²) in [4.78, 5) is 12.0. The highest BCUT2D eigenvalue weighted by molar-refractivity contribution is 7.99. The minimum atomic E-state index is -0.0114. The predicted molar refractivity (Wildman–Crippen MR) is 86.8 cm³/mol. The lowest BCUT2D eigenvalue weighted by Crippen LogP contribution is -2.15. The molecular formula is C13H19N5OS2. The molecule has 6 nitrogen and oxygen atoms in total. The minimum Gasteiger partial charge on any atom is -0.322 e. The quantitative estimate of drug-likeness (QED) is 0.883. The molecule has 1 amide bonds. The first-order chi connectivity index (χ1) is 10.0. The molecule has 0 atom stereocenters. The van der Waals surface area contributed by atoms with Gasteiger partial charge in [-0.3, -0.25) is 9.48 Å². The van der Waals surface area contributed by atoms with Crippen LogP contribution in [0.3, 0.4) is 0 Å². The van der Waals surface area contributed by atoms with Crippen molar-refractivity contribution in [3.8, 4) is 0 Å². The van der Waals surface area contributed by atoms with E-state index in [0.717, 1.165) is 35.0 Å². The Morgan fingerprint density at radius 1 is 1.29 bits per heavy atom. The zero-order valence-electron chi connectivity index (χ0n) is 12.6. The van der Waals surface area contributed by atoms with Gasteiger partial charge in [-0.2, -0.15) is 13.8 Å². The van der Waals surface area contributed by atoms with E-state index in [-0.39, 0.29) is 5.91 Å². The molecule has 0 aliphatic rings. The predicted octanol–water partition coefficient (Wildman–Crippen LogP) is 2.55. The number of nitrogens with one attached hydrogen (secondary N) is 1. The smallest absolute Gasteiger partial charge is 0.234 e. The molecule has 0 fully saturated rings. The van der Waals surface area contributed by atoms with Gasteiger partial charge in [-0.15, -0.1) is 11.8 Å². The van der Waals surface area contributed by atoms with E-state index in [4.69, 9.17) is 0 Å². The van der Waals surface area contributed by atoms with Gasteiger partial charge in [0, 0.05) is 12.3 Å². The van der Waals surface area contributed by atoms with Gasteiger partial charge in [0.1, 0.15) is 0 Å². The lowest BCUT2D eigenvalue weighted by Gasteiger charge is -2.06. The number of hydrogen-bond acceptors (Lipinski definition) is 6. The molecule has 2 rings (SSSR count). The average molecular weight is 325 g/mol. The number of nitrogens with zero attached hydrogens (tertiary/aromatic N) is 4. The molecule has 2 heterocycles. The van der Waals surface area contributed by atoms with Gasteiger partial charge in [0.2, 0.25) is 5.91 Å². The Hall–Kier alpha value is -1.41. The molecule has 2 aromatic heterocycles. The van der Waals surface area contributed by atoms with Crippen molar-refractivity contribution >= 4 is 35.1 Å². The summed E-state index contributed by atoms with van der Waals surface area (Å²) < 4.78 is 10.2.